The second-order valence-electron chi connectivity index (χ2n) is 6.37. The van der Waals surface area contributed by atoms with Gasteiger partial charge >= 0.3 is 0 Å². The fourth-order valence-electron chi connectivity index (χ4n) is 3.01. The Kier molecular flexibility index (Phi) is 5.52. The molecular formula is C23H19FN4O2. The van der Waals surface area contributed by atoms with E-state index in [0.29, 0.717) is 28.4 Å². The minimum Gasteiger partial charge on any atom is -0.497 e. The number of anilines is 1. The standard InChI is InChI=1S/C23H19FN4O2/c1-29-16-12-11-15(21(13-16)30-2)14-25-28-23-18-8-4-6-10-20(18)26-22(27-23)17-7-3-5-9-19(17)24/h3-14H,1-2H3,(H,26,27,28)/b25-14-. The molecule has 1 heterocycles. The van der Waals surface area contributed by atoms with E-state index in [1.807, 2.05) is 36.4 Å². The molecule has 0 saturated heterocycles. The first kappa shape index (κ1) is 19.3. The van der Waals surface area contributed by atoms with Gasteiger partial charge in [-0.25, -0.2) is 14.4 Å². The molecule has 0 unspecified atom stereocenters. The average Bonchev–Trinajstić information content (AvgIpc) is 2.79. The highest BCUT2D eigenvalue weighted by Crippen LogP contribution is 2.27. The van der Waals surface area contributed by atoms with Crippen LogP contribution in [0.4, 0.5) is 10.2 Å². The predicted octanol–water partition coefficient (Wildman–Crippen LogP) is 4.90. The molecule has 1 N–H and O–H groups in total. The molecule has 3 aromatic carbocycles. The molecule has 0 aliphatic rings. The third-order valence-electron chi connectivity index (χ3n) is 4.53. The van der Waals surface area contributed by atoms with Crippen LogP contribution >= 0.6 is 0 Å². The molecule has 4 aromatic rings. The molecule has 7 heteroatoms. The number of benzene rings is 3. The van der Waals surface area contributed by atoms with E-state index < -0.39 is 0 Å². The molecule has 0 radical (unpaired) electrons. The lowest BCUT2D eigenvalue weighted by Gasteiger charge is -2.09. The van der Waals surface area contributed by atoms with Gasteiger partial charge in [0.05, 0.1) is 31.5 Å². The van der Waals surface area contributed by atoms with Crippen LogP contribution in [0.25, 0.3) is 22.3 Å². The highest BCUT2D eigenvalue weighted by atomic mass is 19.1. The average molecular weight is 402 g/mol. The fourth-order valence-corrected chi connectivity index (χ4v) is 3.01. The maximum Gasteiger partial charge on any atom is 0.165 e. The first-order valence-corrected chi connectivity index (χ1v) is 9.22. The molecular weight excluding hydrogens is 383 g/mol. The number of nitrogens with one attached hydrogen (secondary N) is 1. The summed E-state index contributed by atoms with van der Waals surface area (Å²) < 4.78 is 24.9. The van der Waals surface area contributed by atoms with E-state index >= 15 is 0 Å². The molecule has 6 nitrogen and oxygen atoms in total. The Bertz CT molecular complexity index is 1230. The van der Waals surface area contributed by atoms with E-state index in [9.17, 15) is 4.39 Å². The summed E-state index contributed by atoms with van der Waals surface area (Å²) in [6.45, 7) is 0. The zero-order valence-corrected chi connectivity index (χ0v) is 16.5. The zero-order valence-electron chi connectivity index (χ0n) is 16.5. The minimum absolute atomic E-state index is 0.284. The smallest absolute Gasteiger partial charge is 0.165 e. The van der Waals surface area contributed by atoms with E-state index in [4.69, 9.17) is 9.47 Å². The molecule has 0 atom stereocenters. The van der Waals surface area contributed by atoms with E-state index in [1.165, 1.54) is 6.07 Å². The lowest BCUT2D eigenvalue weighted by Crippen LogP contribution is -2.00. The summed E-state index contributed by atoms with van der Waals surface area (Å²) in [5, 5.41) is 5.08. The molecule has 0 aliphatic carbocycles. The van der Waals surface area contributed by atoms with E-state index in [-0.39, 0.29) is 11.6 Å². The van der Waals surface area contributed by atoms with Crippen molar-refractivity contribution >= 4 is 22.9 Å². The van der Waals surface area contributed by atoms with Gasteiger partial charge in [-0.1, -0.05) is 24.3 Å². The number of rotatable bonds is 6. The predicted molar refractivity (Wildman–Crippen MR) is 116 cm³/mol. The second kappa shape index (κ2) is 8.57. The van der Waals surface area contributed by atoms with Gasteiger partial charge in [-0.3, -0.25) is 5.43 Å². The first-order valence-electron chi connectivity index (χ1n) is 9.22. The highest BCUT2D eigenvalue weighted by molar-refractivity contribution is 5.91. The molecule has 1 aromatic heterocycles. The van der Waals surface area contributed by atoms with Gasteiger partial charge < -0.3 is 9.47 Å². The third kappa shape index (κ3) is 3.91. The van der Waals surface area contributed by atoms with Gasteiger partial charge in [-0.15, -0.1) is 0 Å². The number of ether oxygens (including phenoxy) is 2. The minimum atomic E-state index is -0.384. The van der Waals surface area contributed by atoms with Crippen LogP contribution in [0.3, 0.4) is 0 Å². The summed E-state index contributed by atoms with van der Waals surface area (Å²) >= 11 is 0. The van der Waals surface area contributed by atoms with Crippen molar-refractivity contribution in [2.75, 3.05) is 19.6 Å². The molecule has 4 rings (SSSR count). The van der Waals surface area contributed by atoms with Gasteiger partial charge in [-0.2, -0.15) is 5.10 Å². The van der Waals surface area contributed by atoms with Crippen molar-refractivity contribution < 1.29 is 13.9 Å². The van der Waals surface area contributed by atoms with Crippen LogP contribution in [0.5, 0.6) is 11.5 Å². The fraction of sp³-hybridized carbons (Fsp3) is 0.0870. The maximum absolute atomic E-state index is 14.3. The van der Waals surface area contributed by atoms with Crippen LogP contribution in [0.15, 0.2) is 71.8 Å². The molecule has 0 aliphatic heterocycles. The van der Waals surface area contributed by atoms with Gasteiger partial charge in [0.2, 0.25) is 0 Å². The Morgan fingerprint density at radius 2 is 1.73 bits per heavy atom. The number of methoxy groups -OCH3 is 2. The van der Waals surface area contributed by atoms with Crippen LogP contribution in [-0.4, -0.2) is 30.4 Å². The summed E-state index contributed by atoms with van der Waals surface area (Å²) in [4.78, 5) is 9.01. The number of para-hydroxylation sites is 1. The Morgan fingerprint density at radius 1 is 0.933 bits per heavy atom. The number of hydrogen-bond acceptors (Lipinski definition) is 6. The van der Waals surface area contributed by atoms with E-state index in [1.54, 1.807) is 44.7 Å². The van der Waals surface area contributed by atoms with Crippen molar-refractivity contribution in [3.63, 3.8) is 0 Å². The summed E-state index contributed by atoms with van der Waals surface area (Å²) in [6, 6.07) is 19.3. The normalized spacial score (nSPS) is 11.0. The molecule has 0 bridgehead atoms. The van der Waals surface area contributed by atoms with Crippen LogP contribution in [0, 0.1) is 5.82 Å². The molecule has 0 amide bonds. The quantitative estimate of drug-likeness (QED) is 0.367. The summed E-state index contributed by atoms with van der Waals surface area (Å²) in [5.74, 6) is 1.69. The van der Waals surface area contributed by atoms with Crippen molar-refractivity contribution in [2.45, 2.75) is 0 Å². The van der Waals surface area contributed by atoms with Crippen LogP contribution < -0.4 is 14.9 Å². The summed E-state index contributed by atoms with van der Waals surface area (Å²) in [7, 11) is 3.18. The molecule has 0 spiro atoms. The first-order chi connectivity index (χ1) is 14.7. The maximum atomic E-state index is 14.3. The number of hydrogen-bond donors (Lipinski definition) is 1. The van der Waals surface area contributed by atoms with Crippen molar-refractivity contribution in [1.82, 2.24) is 9.97 Å². The topological polar surface area (TPSA) is 68.6 Å². The van der Waals surface area contributed by atoms with E-state index in [2.05, 4.69) is 20.5 Å². The van der Waals surface area contributed by atoms with Crippen molar-refractivity contribution in [3.8, 4) is 22.9 Å². The van der Waals surface area contributed by atoms with Gasteiger partial charge in [0, 0.05) is 17.0 Å². The number of hydrazone groups is 1. The highest BCUT2D eigenvalue weighted by Gasteiger charge is 2.12. The van der Waals surface area contributed by atoms with Gasteiger partial charge in [0.1, 0.15) is 17.3 Å². The Balaban J connectivity index is 1.70. The van der Waals surface area contributed by atoms with Gasteiger partial charge in [0.25, 0.3) is 0 Å². The van der Waals surface area contributed by atoms with Crippen LogP contribution in [-0.2, 0) is 0 Å². The molecule has 0 saturated carbocycles. The summed E-state index contributed by atoms with van der Waals surface area (Å²) in [6.07, 6.45) is 1.62. The largest absolute Gasteiger partial charge is 0.497 e. The molecule has 150 valence electrons. The van der Waals surface area contributed by atoms with Crippen molar-refractivity contribution in [1.29, 1.82) is 0 Å². The van der Waals surface area contributed by atoms with Gasteiger partial charge in [-0.05, 0) is 36.4 Å². The van der Waals surface area contributed by atoms with Crippen LogP contribution in [0.1, 0.15) is 5.56 Å². The molecule has 30 heavy (non-hydrogen) atoms. The Hall–Kier alpha value is -4.00. The van der Waals surface area contributed by atoms with Gasteiger partial charge in [0.15, 0.2) is 11.6 Å². The monoisotopic (exact) mass is 402 g/mol. The third-order valence-corrected chi connectivity index (χ3v) is 4.53. The number of aromatic nitrogens is 2. The SMILES string of the molecule is COc1ccc(/C=N\Nc2nc(-c3ccccc3F)nc3ccccc23)c(OC)c1. The molecule has 0 fully saturated rings. The second-order valence-corrected chi connectivity index (χ2v) is 6.37. The number of halogens is 1. The number of fused-ring (bicyclic) bond motifs is 1. The summed E-state index contributed by atoms with van der Waals surface area (Å²) in [5.41, 5.74) is 4.73. The lowest BCUT2D eigenvalue weighted by molar-refractivity contribution is 0.394. The Morgan fingerprint density at radius 3 is 2.53 bits per heavy atom. The number of nitrogens with zero attached hydrogens (tertiary/aromatic N) is 3. The van der Waals surface area contributed by atoms with Crippen molar-refractivity contribution in [2.24, 2.45) is 5.10 Å². The lowest BCUT2D eigenvalue weighted by atomic mass is 10.1. The zero-order chi connectivity index (χ0) is 20.9. The van der Waals surface area contributed by atoms with Crippen LogP contribution in [0.2, 0.25) is 0 Å². The van der Waals surface area contributed by atoms with Crippen molar-refractivity contribution in [3.05, 3.63) is 78.1 Å². The van der Waals surface area contributed by atoms with E-state index in [0.717, 1.165) is 10.9 Å². The Labute approximate surface area is 173 Å².